The normalized spacial score (nSPS) is 14.9. The summed E-state index contributed by atoms with van der Waals surface area (Å²) in [5.41, 5.74) is -0.104. The Labute approximate surface area is 93.1 Å². The lowest BCUT2D eigenvalue weighted by Crippen LogP contribution is -2.24. The molecule has 0 amide bonds. The Balaban J connectivity index is 2.40. The molecule has 0 unspecified atom stereocenters. The van der Waals surface area contributed by atoms with Crippen molar-refractivity contribution in [2.24, 2.45) is 0 Å². The molecule has 0 bridgehead atoms. The lowest BCUT2D eigenvalue weighted by Gasteiger charge is -2.09. The second kappa shape index (κ2) is 4.08. The average Bonchev–Trinajstić information content (AvgIpc) is 2.98. The van der Waals surface area contributed by atoms with Crippen LogP contribution in [-0.4, -0.2) is 9.55 Å². The van der Waals surface area contributed by atoms with Gasteiger partial charge in [0.05, 0.1) is 0 Å². The number of terminal acetylenes is 1. The minimum atomic E-state index is -0.104. The van der Waals surface area contributed by atoms with E-state index < -0.39 is 0 Å². The number of nitrogens with zero attached hydrogens (tertiary/aromatic N) is 2. The molecule has 4 heteroatoms. The highest BCUT2D eigenvalue weighted by molar-refractivity contribution is 6.29. The van der Waals surface area contributed by atoms with E-state index in [1.807, 2.05) is 0 Å². The van der Waals surface area contributed by atoms with Gasteiger partial charge in [-0.25, -0.2) is 4.98 Å². The summed E-state index contributed by atoms with van der Waals surface area (Å²) in [6.07, 6.45) is 7.90. The summed E-state index contributed by atoms with van der Waals surface area (Å²) in [6.45, 7) is 0.533. The van der Waals surface area contributed by atoms with Gasteiger partial charge in [-0.05, 0) is 12.8 Å². The summed E-state index contributed by atoms with van der Waals surface area (Å²) in [6, 6.07) is 1.34. The molecule has 0 N–H and O–H groups in total. The van der Waals surface area contributed by atoms with Crippen LogP contribution in [-0.2, 0) is 6.54 Å². The molecule has 1 saturated carbocycles. The molecule has 78 valence electrons. The molecule has 2 rings (SSSR count). The quantitative estimate of drug-likeness (QED) is 0.578. The number of hydrogen-bond donors (Lipinski definition) is 0. The van der Waals surface area contributed by atoms with Gasteiger partial charge in [0.1, 0.15) is 11.0 Å². The van der Waals surface area contributed by atoms with Crippen molar-refractivity contribution >= 4 is 11.6 Å². The minimum Gasteiger partial charge on any atom is -0.295 e. The zero-order valence-electron chi connectivity index (χ0n) is 8.24. The minimum absolute atomic E-state index is 0.104. The summed E-state index contributed by atoms with van der Waals surface area (Å²) >= 11 is 5.76. The Hall–Kier alpha value is -1.27. The smallest absolute Gasteiger partial charge is 0.255 e. The van der Waals surface area contributed by atoms with Crippen LogP contribution in [0.25, 0.3) is 0 Å². The highest BCUT2D eigenvalue weighted by Gasteiger charge is 2.28. The van der Waals surface area contributed by atoms with Crippen molar-refractivity contribution in [1.82, 2.24) is 9.55 Å². The lowest BCUT2D eigenvalue weighted by molar-refractivity contribution is 0.622. The third kappa shape index (κ3) is 2.21. The van der Waals surface area contributed by atoms with Gasteiger partial charge in [0.25, 0.3) is 5.56 Å². The fourth-order valence-electron chi connectivity index (χ4n) is 1.55. The van der Waals surface area contributed by atoms with Gasteiger partial charge < -0.3 is 0 Å². The van der Waals surface area contributed by atoms with E-state index in [-0.39, 0.29) is 10.7 Å². The van der Waals surface area contributed by atoms with Gasteiger partial charge in [-0.1, -0.05) is 11.6 Å². The van der Waals surface area contributed by atoms with Crippen molar-refractivity contribution in [3.63, 3.8) is 0 Å². The molecule has 1 aliphatic carbocycles. The monoisotopic (exact) mass is 222 g/mol. The molecular formula is C11H11ClN2O. The van der Waals surface area contributed by atoms with Crippen LogP contribution in [0.3, 0.4) is 0 Å². The number of hydrogen-bond acceptors (Lipinski definition) is 2. The molecule has 0 aliphatic heterocycles. The second-order valence-electron chi connectivity index (χ2n) is 3.66. The van der Waals surface area contributed by atoms with Crippen molar-refractivity contribution < 1.29 is 0 Å². The molecule has 0 radical (unpaired) electrons. The summed E-state index contributed by atoms with van der Waals surface area (Å²) in [4.78, 5) is 15.9. The first-order valence-corrected chi connectivity index (χ1v) is 5.31. The van der Waals surface area contributed by atoms with Crippen LogP contribution >= 0.6 is 11.6 Å². The van der Waals surface area contributed by atoms with Gasteiger partial charge in [0.15, 0.2) is 0 Å². The fourth-order valence-corrected chi connectivity index (χ4v) is 1.73. The van der Waals surface area contributed by atoms with E-state index in [9.17, 15) is 4.79 Å². The molecule has 1 aromatic rings. The summed E-state index contributed by atoms with van der Waals surface area (Å²) in [5, 5.41) is 0.277. The first kappa shape index (κ1) is 10.3. The molecule has 0 saturated heterocycles. The lowest BCUT2D eigenvalue weighted by atomic mass is 10.3. The first-order valence-electron chi connectivity index (χ1n) is 4.93. The predicted molar refractivity (Wildman–Crippen MR) is 58.9 cm³/mol. The maximum atomic E-state index is 11.7. The van der Waals surface area contributed by atoms with Crippen molar-refractivity contribution in [1.29, 1.82) is 0 Å². The van der Waals surface area contributed by atoms with Crippen LogP contribution in [0.4, 0.5) is 0 Å². The Morgan fingerprint density at radius 1 is 1.67 bits per heavy atom. The highest BCUT2D eigenvalue weighted by atomic mass is 35.5. The van der Waals surface area contributed by atoms with Crippen molar-refractivity contribution in [3.8, 4) is 12.3 Å². The van der Waals surface area contributed by atoms with Crippen LogP contribution in [0.15, 0.2) is 10.9 Å². The molecule has 1 aromatic heterocycles. The molecule has 1 aliphatic rings. The summed E-state index contributed by atoms with van der Waals surface area (Å²) < 4.78 is 1.64. The van der Waals surface area contributed by atoms with Crippen LogP contribution in [0.1, 0.15) is 31.0 Å². The van der Waals surface area contributed by atoms with Crippen LogP contribution < -0.4 is 5.56 Å². The van der Waals surface area contributed by atoms with E-state index in [0.717, 1.165) is 18.7 Å². The van der Waals surface area contributed by atoms with E-state index in [4.69, 9.17) is 18.0 Å². The van der Waals surface area contributed by atoms with Crippen LogP contribution in [0, 0.1) is 12.3 Å². The average molecular weight is 223 g/mol. The molecule has 15 heavy (non-hydrogen) atoms. The molecule has 0 spiro atoms. The molecule has 3 nitrogen and oxygen atoms in total. The Bertz CT molecular complexity index is 468. The van der Waals surface area contributed by atoms with Gasteiger partial charge in [-0.15, -0.1) is 12.3 Å². The topological polar surface area (TPSA) is 34.9 Å². The molecule has 0 atom stereocenters. The van der Waals surface area contributed by atoms with E-state index in [0.29, 0.717) is 18.9 Å². The van der Waals surface area contributed by atoms with Crippen LogP contribution in [0.2, 0.25) is 5.15 Å². The zero-order valence-corrected chi connectivity index (χ0v) is 9.00. The van der Waals surface area contributed by atoms with E-state index >= 15 is 0 Å². The highest BCUT2D eigenvalue weighted by Crippen LogP contribution is 2.38. The standard InChI is InChI=1S/C11H11ClN2O/c1-2-3-6-14-10(15)7-9(12)13-11(14)8-4-5-8/h1,7-8H,3-6H2. The number of halogens is 1. The van der Waals surface area contributed by atoms with Crippen molar-refractivity contribution in [3.05, 3.63) is 27.4 Å². The Morgan fingerprint density at radius 2 is 2.40 bits per heavy atom. The summed E-state index contributed by atoms with van der Waals surface area (Å²) in [7, 11) is 0. The predicted octanol–water partition coefficient (Wildman–Crippen LogP) is 1.80. The second-order valence-corrected chi connectivity index (χ2v) is 4.04. The fraction of sp³-hybridized carbons (Fsp3) is 0.455. The van der Waals surface area contributed by atoms with Gasteiger partial charge in [0.2, 0.25) is 0 Å². The van der Waals surface area contributed by atoms with Crippen molar-refractivity contribution in [2.45, 2.75) is 31.7 Å². The zero-order chi connectivity index (χ0) is 10.8. The molecule has 1 heterocycles. The van der Waals surface area contributed by atoms with Crippen LogP contribution in [0.5, 0.6) is 0 Å². The Kier molecular flexibility index (Phi) is 2.79. The molecule has 0 aromatic carbocycles. The van der Waals surface area contributed by atoms with Gasteiger partial charge in [-0.3, -0.25) is 9.36 Å². The van der Waals surface area contributed by atoms with Gasteiger partial charge in [0, 0.05) is 24.9 Å². The maximum absolute atomic E-state index is 11.7. The van der Waals surface area contributed by atoms with E-state index in [1.54, 1.807) is 4.57 Å². The largest absolute Gasteiger partial charge is 0.295 e. The summed E-state index contributed by atoms with van der Waals surface area (Å²) in [5.74, 6) is 3.72. The molecule has 1 fully saturated rings. The number of aromatic nitrogens is 2. The Morgan fingerprint density at radius 3 is 3.00 bits per heavy atom. The third-order valence-corrected chi connectivity index (χ3v) is 2.62. The van der Waals surface area contributed by atoms with Gasteiger partial charge >= 0.3 is 0 Å². The van der Waals surface area contributed by atoms with E-state index in [1.165, 1.54) is 6.07 Å². The number of rotatable bonds is 3. The van der Waals surface area contributed by atoms with Gasteiger partial charge in [-0.2, -0.15) is 0 Å². The van der Waals surface area contributed by atoms with Crippen molar-refractivity contribution in [2.75, 3.05) is 0 Å². The SMILES string of the molecule is C#CCCn1c(C2CC2)nc(Cl)cc1=O. The third-order valence-electron chi connectivity index (χ3n) is 2.43. The maximum Gasteiger partial charge on any atom is 0.255 e. The van der Waals surface area contributed by atoms with E-state index in [2.05, 4.69) is 10.9 Å². The molecular weight excluding hydrogens is 212 g/mol. The first-order chi connectivity index (χ1) is 7.22.